The van der Waals surface area contributed by atoms with E-state index in [0.29, 0.717) is 19.8 Å². The van der Waals surface area contributed by atoms with Gasteiger partial charge in [-0.1, -0.05) is 15.9 Å². The molecule has 1 saturated heterocycles. The Kier molecular flexibility index (Phi) is 5.29. The number of ether oxygens (including phenoxy) is 2. The number of hydrogen-bond acceptors (Lipinski definition) is 7. The van der Waals surface area contributed by atoms with Crippen molar-refractivity contribution in [2.75, 3.05) is 39.4 Å². The first kappa shape index (κ1) is 19.0. The molecule has 4 heterocycles. The first-order valence-corrected chi connectivity index (χ1v) is 11.3. The van der Waals surface area contributed by atoms with Crippen LogP contribution in [0.25, 0.3) is 4.96 Å². The third kappa shape index (κ3) is 4.05. The van der Waals surface area contributed by atoms with Crippen molar-refractivity contribution < 1.29 is 9.47 Å². The summed E-state index contributed by atoms with van der Waals surface area (Å²) in [5.74, 6) is 1.64. The second-order valence-electron chi connectivity index (χ2n) is 7.28. The highest BCUT2D eigenvalue weighted by molar-refractivity contribution is 9.10. The van der Waals surface area contributed by atoms with Crippen molar-refractivity contribution >= 4 is 32.2 Å². The van der Waals surface area contributed by atoms with Crippen molar-refractivity contribution in [3.05, 3.63) is 55.9 Å². The number of nitrogens with zero attached hydrogens (tertiary/aromatic N) is 4. The van der Waals surface area contributed by atoms with Crippen LogP contribution in [0.15, 0.2) is 39.0 Å². The Hall–Kier alpha value is -1.94. The monoisotopic (exact) mass is 476 g/mol. The van der Waals surface area contributed by atoms with E-state index in [9.17, 15) is 4.79 Å². The SMILES string of the molecule is O=c1cc(CN2CCN(Cc3cc4c(cc3Br)OCCO4)CC2)nc2sccn12. The third-order valence-corrected chi connectivity index (χ3v) is 6.81. The second kappa shape index (κ2) is 8.06. The summed E-state index contributed by atoms with van der Waals surface area (Å²) in [5.41, 5.74) is 2.05. The van der Waals surface area contributed by atoms with Gasteiger partial charge in [0.25, 0.3) is 5.56 Å². The van der Waals surface area contributed by atoms with Gasteiger partial charge in [-0.25, -0.2) is 4.98 Å². The smallest absolute Gasteiger partial charge is 0.258 e. The molecule has 1 aromatic carbocycles. The van der Waals surface area contributed by atoms with Crippen LogP contribution in [-0.4, -0.2) is 58.6 Å². The number of halogens is 1. The molecule has 0 unspecified atom stereocenters. The van der Waals surface area contributed by atoms with E-state index in [1.165, 1.54) is 16.9 Å². The molecule has 152 valence electrons. The average Bonchev–Trinajstić information content (AvgIpc) is 3.19. The lowest BCUT2D eigenvalue weighted by molar-refractivity contribution is 0.120. The summed E-state index contributed by atoms with van der Waals surface area (Å²) in [7, 11) is 0. The first-order chi connectivity index (χ1) is 14.2. The van der Waals surface area contributed by atoms with E-state index in [1.807, 2.05) is 11.4 Å². The molecule has 0 atom stereocenters. The van der Waals surface area contributed by atoms with Gasteiger partial charge >= 0.3 is 0 Å². The molecule has 2 aliphatic rings. The number of rotatable bonds is 4. The van der Waals surface area contributed by atoms with Crippen LogP contribution in [0.3, 0.4) is 0 Å². The summed E-state index contributed by atoms with van der Waals surface area (Å²) in [4.78, 5) is 22.4. The van der Waals surface area contributed by atoms with Crippen molar-refractivity contribution in [1.82, 2.24) is 19.2 Å². The molecule has 0 bridgehead atoms. The lowest BCUT2D eigenvalue weighted by Gasteiger charge is -2.34. The lowest BCUT2D eigenvalue weighted by Crippen LogP contribution is -2.45. The number of hydrogen-bond donors (Lipinski definition) is 0. The highest BCUT2D eigenvalue weighted by atomic mass is 79.9. The summed E-state index contributed by atoms with van der Waals surface area (Å²) in [6.07, 6.45) is 1.77. The Morgan fingerprint density at radius 3 is 2.45 bits per heavy atom. The number of aromatic nitrogens is 2. The molecule has 0 amide bonds. The zero-order valence-corrected chi connectivity index (χ0v) is 18.2. The summed E-state index contributed by atoms with van der Waals surface area (Å²) in [6.45, 7) is 6.63. The van der Waals surface area contributed by atoms with E-state index in [1.54, 1.807) is 16.7 Å². The average molecular weight is 477 g/mol. The van der Waals surface area contributed by atoms with Gasteiger partial charge in [0.1, 0.15) is 13.2 Å². The number of benzene rings is 1. The molecule has 3 aromatic rings. The van der Waals surface area contributed by atoms with E-state index in [2.05, 4.69) is 36.8 Å². The van der Waals surface area contributed by atoms with Gasteiger partial charge in [0.2, 0.25) is 0 Å². The number of piperazine rings is 1. The Bertz CT molecular complexity index is 1090. The fourth-order valence-electron chi connectivity index (χ4n) is 3.77. The number of fused-ring (bicyclic) bond motifs is 2. The Morgan fingerprint density at radius 2 is 1.69 bits per heavy atom. The quantitative estimate of drug-likeness (QED) is 0.576. The maximum Gasteiger partial charge on any atom is 0.258 e. The van der Waals surface area contributed by atoms with Gasteiger partial charge in [-0.3, -0.25) is 19.0 Å². The van der Waals surface area contributed by atoms with E-state index in [-0.39, 0.29) is 5.56 Å². The Morgan fingerprint density at radius 1 is 1.00 bits per heavy atom. The molecule has 5 rings (SSSR count). The minimum atomic E-state index is -0.00616. The van der Waals surface area contributed by atoms with Crippen LogP contribution < -0.4 is 15.0 Å². The van der Waals surface area contributed by atoms with Gasteiger partial charge in [0.05, 0.1) is 5.69 Å². The first-order valence-electron chi connectivity index (χ1n) is 9.64. The zero-order valence-electron chi connectivity index (χ0n) is 15.8. The van der Waals surface area contributed by atoms with E-state index >= 15 is 0 Å². The van der Waals surface area contributed by atoms with Gasteiger partial charge in [-0.05, 0) is 17.7 Å². The molecule has 0 radical (unpaired) electrons. The molecule has 2 aromatic heterocycles. The predicted molar refractivity (Wildman–Crippen MR) is 115 cm³/mol. The van der Waals surface area contributed by atoms with E-state index in [0.717, 1.165) is 59.4 Å². The molecule has 0 spiro atoms. The number of thiazole rings is 1. The standard InChI is InChI=1S/C20H21BrN4O3S/c21-16-11-18-17(27-6-7-28-18)9-14(16)12-23-1-3-24(4-2-23)13-15-10-19(26)25-5-8-29-20(25)22-15/h5,8-11H,1-4,6-7,12-13H2. The molecule has 0 aliphatic carbocycles. The van der Waals surface area contributed by atoms with Crippen LogP contribution in [-0.2, 0) is 13.1 Å². The van der Waals surface area contributed by atoms with Crippen LogP contribution in [0.4, 0.5) is 0 Å². The molecule has 0 saturated carbocycles. The fourth-order valence-corrected chi connectivity index (χ4v) is 4.96. The van der Waals surface area contributed by atoms with E-state index in [4.69, 9.17) is 9.47 Å². The van der Waals surface area contributed by atoms with Crippen molar-refractivity contribution in [2.45, 2.75) is 13.1 Å². The summed E-state index contributed by atoms with van der Waals surface area (Å²) in [5, 5.41) is 1.89. The van der Waals surface area contributed by atoms with Crippen LogP contribution in [0, 0.1) is 0 Å². The van der Waals surface area contributed by atoms with Crippen molar-refractivity contribution in [2.24, 2.45) is 0 Å². The van der Waals surface area contributed by atoms with Gasteiger partial charge in [0.15, 0.2) is 16.5 Å². The maximum atomic E-state index is 12.2. The summed E-state index contributed by atoms with van der Waals surface area (Å²) < 4.78 is 14.0. The molecule has 29 heavy (non-hydrogen) atoms. The normalized spacial score (nSPS) is 17.7. The Balaban J connectivity index is 1.21. The maximum absolute atomic E-state index is 12.2. The van der Waals surface area contributed by atoms with Crippen LogP contribution >= 0.6 is 27.3 Å². The highest BCUT2D eigenvalue weighted by Gasteiger charge is 2.21. The van der Waals surface area contributed by atoms with Crippen LogP contribution in [0.2, 0.25) is 0 Å². The van der Waals surface area contributed by atoms with Gasteiger partial charge in [-0.2, -0.15) is 0 Å². The van der Waals surface area contributed by atoms with Crippen molar-refractivity contribution in [3.63, 3.8) is 0 Å². The molecule has 7 nitrogen and oxygen atoms in total. The molecular weight excluding hydrogens is 456 g/mol. The summed E-state index contributed by atoms with van der Waals surface area (Å²) >= 11 is 5.16. The minimum absolute atomic E-state index is 0.00616. The van der Waals surface area contributed by atoms with Crippen molar-refractivity contribution in [3.8, 4) is 11.5 Å². The highest BCUT2D eigenvalue weighted by Crippen LogP contribution is 2.36. The Labute approximate surface area is 180 Å². The van der Waals surface area contributed by atoms with Gasteiger partial charge in [-0.15, -0.1) is 11.3 Å². The molecular formula is C20H21BrN4O3S. The molecule has 1 fully saturated rings. The minimum Gasteiger partial charge on any atom is -0.486 e. The molecule has 2 aliphatic heterocycles. The van der Waals surface area contributed by atoms with Crippen LogP contribution in [0.5, 0.6) is 11.5 Å². The predicted octanol–water partition coefficient (Wildman–Crippen LogP) is 2.61. The third-order valence-electron chi connectivity index (χ3n) is 5.31. The second-order valence-corrected chi connectivity index (χ2v) is 9.01. The van der Waals surface area contributed by atoms with E-state index < -0.39 is 0 Å². The van der Waals surface area contributed by atoms with Gasteiger partial charge < -0.3 is 9.47 Å². The van der Waals surface area contributed by atoms with Crippen molar-refractivity contribution in [1.29, 1.82) is 0 Å². The largest absolute Gasteiger partial charge is 0.486 e. The summed E-state index contributed by atoms with van der Waals surface area (Å²) in [6, 6.07) is 5.74. The fraction of sp³-hybridized carbons (Fsp3) is 0.400. The zero-order chi connectivity index (χ0) is 19.8. The topological polar surface area (TPSA) is 59.3 Å². The lowest BCUT2D eigenvalue weighted by atomic mass is 10.1. The molecule has 9 heteroatoms. The van der Waals surface area contributed by atoms with Crippen LogP contribution in [0.1, 0.15) is 11.3 Å². The van der Waals surface area contributed by atoms with Gasteiger partial charge in [0, 0.05) is 61.4 Å². The molecule has 0 N–H and O–H groups in total.